The van der Waals surface area contributed by atoms with Crippen molar-refractivity contribution < 1.29 is 29.3 Å². The molecule has 0 amide bonds. The van der Waals surface area contributed by atoms with E-state index in [1.807, 2.05) is 0 Å². The molecular weight excluding hydrogens is 180 g/mol. The van der Waals surface area contributed by atoms with Crippen LogP contribution in [0.3, 0.4) is 0 Å². The van der Waals surface area contributed by atoms with Crippen molar-refractivity contribution in [3.63, 3.8) is 0 Å². The SMILES string of the molecule is COC1C(=O)C(=O)O[C@@H]1[C@@H](O)CO. The molecule has 1 unspecified atom stereocenters. The minimum atomic E-state index is -1.29. The molecule has 0 saturated carbocycles. The van der Waals surface area contributed by atoms with Crippen molar-refractivity contribution in [1.29, 1.82) is 0 Å². The minimum Gasteiger partial charge on any atom is -0.450 e. The molecule has 0 radical (unpaired) electrons. The third-order valence-corrected chi connectivity index (χ3v) is 1.82. The highest BCUT2D eigenvalue weighted by molar-refractivity contribution is 6.37. The van der Waals surface area contributed by atoms with Crippen molar-refractivity contribution in [2.45, 2.75) is 18.3 Å². The number of ketones is 1. The second-order valence-electron chi connectivity index (χ2n) is 2.64. The minimum absolute atomic E-state index is 0.592. The lowest BCUT2D eigenvalue weighted by Gasteiger charge is -2.18. The Morgan fingerprint density at radius 3 is 2.69 bits per heavy atom. The number of carbonyl (C=O) groups excluding carboxylic acids is 2. The predicted molar refractivity (Wildman–Crippen MR) is 38.8 cm³/mol. The van der Waals surface area contributed by atoms with Crippen LogP contribution in [0.25, 0.3) is 0 Å². The third-order valence-electron chi connectivity index (χ3n) is 1.82. The molecule has 3 atom stereocenters. The van der Waals surface area contributed by atoms with Gasteiger partial charge in [0.25, 0.3) is 5.78 Å². The van der Waals surface area contributed by atoms with Crippen LogP contribution in [0.2, 0.25) is 0 Å². The Balaban J connectivity index is 2.76. The molecule has 13 heavy (non-hydrogen) atoms. The molecule has 0 aromatic carbocycles. The number of hydrogen-bond donors (Lipinski definition) is 2. The van der Waals surface area contributed by atoms with Crippen LogP contribution >= 0.6 is 0 Å². The van der Waals surface area contributed by atoms with Gasteiger partial charge in [-0.25, -0.2) is 4.79 Å². The Morgan fingerprint density at radius 2 is 2.23 bits per heavy atom. The highest BCUT2D eigenvalue weighted by Crippen LogP contribution is 2.17. The van der Waals surface area contributed by atoms with E-state index in [4.69, 9.17) is 10.2 Å². The van der Waals surface area contributed by atoms with Crippen LogP contribution in [0, 0.1) is 0 Å². The molecule has 74 valence electrons. The van der Waals surface area contributed by atoms with Gasteiger partial charge in [0.1, 0.15) is 6.10 Å². The largest absolute Gasteiger partial charge is 0.450 e. The van der Waals surface area contributed by atoms with E-state index in [2.05, 4.69) is 9.47 Å². The number of ether oxygens (including phenoxy) is 2. The highest BCUT2D eigenvalue weighted by Gasteiger charge is 2.47. The van der Waals surface area contributed by atoms with Crippen LogP contribution < -0.4 is 0 Å². The molecule has 1 aliphatic heterocycles. The molecule has 6 nitrogen and oxygen atoms in total. The summed E-state index contributed by atoms with van der Waals surface area (Å²) in [6.07, 6.45) is -3.51. The van der Waals surface area contributed by atoms with Crippen LogP contribution in [0.4, 0.5) is 0 Å². The Labute approximate surface area is 74.1 Å². The fourth-order valence-electron chi connectivity index (χ4n) is 1.13. The van der Waals surface area contributed by atoms with E-state index in [0.29, 0.717) is 0 Å². The van der Waals surface area contributed by atoms with E-state index in [1.165, 1.54) is 7.11 Å². The molecule has 1 aliphatic rings. The number of esters is 1. The van der Waals surface area contributed by atoms with Gasteiger partial charge in [0.05, 0.1) is 6.61 Å². The summed E-state index contributed by atoms with van der Waals surface area (Å²) >= 11 is 0. The van der Waals surface area contributed by atoms with Gasteiger partial charge in [-0.1, -0.05) is 0 Å². The van der Waals surface area contributed by atoms with Crippen molar-refractivity contribution in [3.8, 4) is 0 Å². The summed E-state index contributed by atoms with van der Waals surface area (Å²) in [4.78, 5) is 21.7. The average Bonchev–Trinajstić information content (AvgIpc) is 2.42. The first-order chi connectivity index (χ1) is 6.11. The van der Waals surface area contributed by atoms with Gasteiger partial charge in [-0.15, -0.1) is 0 Å². The van der Waals surface area contributed by atoms with Crippen LogP contribution in [0.1, 0.15) is 0 Å². The lowest BCUT2D eigenvalue weighted by atomic mass is 10.1. The van der Waals surface area contributed by atoms with Crippen molar-refractivity contribution in [3.05, 3.63) is 0 Å². The third kappa shape index (κ3) is 1.69. The second-order valence-corrected chi connectivity index (χ2v) is 2.64. The number of Topliss-reactive ketones (excluding diaryl/α,β-unsaturated/α-hetero) is 1. The maximum absolute atomic E-state index is 11.0. The van der Waals surface area contributed by atoms with Gasteiger partial charge < -0.3 is 19.7 Å². The average molecular weight is 190 g/mol. The van der Waals surface area contributed by atoms with Crippen LogP contribution in [-0.4, -0.2) is 54.0 Å². The summed E-state index contributed by atoms with van der Waals surface area (Å²) in [7, 11) is 1.22. The summed E-state index contributed by atoms with van der Waals surface area (Å²) in [6.45, 7) is -0.592. The van der Waals surface area contributed by atoms with E-state index in [0.717, 1.165) is 0 Å². The molecular formula is C7H10O6. The Kier molecular flexibility index (Phi) is 2.97. The van der Waals surface area contributed by atoms with E-state index in [9.17, 15) is 9.59 Å². The molecule has 0 aromatic heterocycles. The van der Waals surface area contributed by atoms with Gasteiger partial charge >= 0.3 is 5.97 Å². The molecule has 6 heteroatoms. The van der Waals surface area contributed by atoms with Gasteiger partial charge in [0.2, 0.25) is 0 Å². The summed E-state index contributed by atoms with van der Waals surface area (Å²) in [5, 5.41) is 17.7. The Bertz CT molecular complexity index is 225. The van der Waals surface area contributed by atoms with Crippen LogP contribution in [0.15, 0.2) is 0 Å². The maximum atomic E-state index is 11.0. The zero-order chi connectivity index (χ0) is 10.0. The maximum Gasteiger partial charge on any atom is 0.378 e. The van der Waals surface area contributed by atoms with Crippen LogP contribution in [0.5, 0.6) is 0 Å². The number of aliphatic hydroxyl groups excluding tert-OH is 2. The topological polar surface area (TPSA) is 93.1 Å². The lowest BCUT2D eigenvalue weighted by Crippen LogP contribution is -2.40. The van der Waals surface area contributed by atoms with E-state index < -0.39 is 36.7 Å². The zero-order valence-corrected chi connectivity index (χ0v) is 6.97. The van der Waals surface area contributed by atoms with Gasteiger partial charge in [-0.2, -0.15) is 0 Å². The predicted octanol–water partition coefficient (Wildman–Crippen LogP) is -2.15. The summed E-state index contributed by atoms with van der Waals surface area (Å²) in [5.74, 6) is -1.87. The smallest absolute Gasteiger partial charge is 0.378 e. The fraction of sp³-hybridized carbons (Fsp3) is 0.714. The normalized spacial score (nSPS) is 30.4. The van der Waals surface area contributed by atoms with Gasteiger partial charge in [0, 0.05) is 7.11 Å². The molecule has 0 aromatic rings. The monoisotopic (exact) mass is 190 g/mol. The standard InChI is InChI=1S/C7H10O6/c1-12-6-4(10)7(11)13-5(6)3(9)2-8/h3,5-6,8-9H,2H2,1H3/t3-,5+,6?/m0/s1. The molecule has 0 bridgehead atoms. The quantitative estimate of drug-likeness (QED) is 0.389. The Morgan fingerprint density at radius 1 is 1.62 bits per heavy atom. The summed E-state index contributed by atoms with van der Waals surface area (Å²) in [5.41, 5.74) is 0. The van der Waals surface area contributed by atoms with Crippen molar-refractivity contribution in [1.82, 2.24) is 0 Å². The first-order valence-electron chi connectivity index (χ1n) is 3.68. The van der Waals surface area contributed by atoms with E-state index >= 15 is 0 Å². The number of hydrogen-bond acceptors (Lipinski definition) is 6. The molecule has 1 heterocycles. The number of methoxy groups -OCH3 is 1. The van der Waals surface area contributed by atoms with E-state index in [1.54, 1.807) is 0 Å². The van der Waals surface area contributed by atoms with Gasteiger partial charge in [0.15, 0.2) is 12.2 Å². The zero-order valence-electron chi connectivity index (χ0n) is 6.97. The number of carbonyl (C=O) groups is 2. The van der Waals surface area contributed by atoms with Gasteiger partial charge in [-0.3, -0.25) is 4.79 Å². The fourth-order valence-corrected chi connectivity index (χ4v) is 1.13. The number of rotatable bonds is 3. The van der Waals surface area contributed by atoms with Crippen molar-refractivity contribution >= 4 is 11.8 Å². The Hall–Kier alpha value is -0.980. The molecule has 0 aliphatic carbocycles. The molecule has 2 N–H and O–H groups in total. The molecule has 1 fully saturated rings. The summed E-state index contributed by atoms with van der Waals surface area (Å²) < 4.78 is 9.17. The van der Waals surface area contributed by atoms with Gasteiger partial charge in [-0.05, 0) is 0 Å². The van der Waals surface area contributed by atoms with Crippen molar-refractivity contribution in [2.75, 3.05) is 13.7 Å². The molecule has 1 rings (SSSR count). The molecule has 0 spiro atoms. The lowest BCUT2D eigenvalue weighted by molar-refractivity contribution is -0.152. The number of aliphatic hydroxyl groups is 2. The number of cyclic esters (lactones) is 1. The summed E-state index contributed by atoms with van der Waals surface area (Å²) in [6, 6.07) is 0. The van der Waals surface area contributed by atoms with E-state index in [-0.39, 0.29) is 0 Å². The highest BCUT2D eigenvalue weighted by atomic mass is 16.6. The van der Waals surface area contributed by atoms with Crippen LogP contribution in [-0.2, 0) is 19.1 Å². The first kappa shape index (κ1) is 10.1. The second kappa shape index (κ2) is 3.82. The first-order valence-corrected chi connectivity index (χ1v) is 3.68. The van der Waals surface area contributed by atoms with Crippen molar-refractivity contribution in [2.24, 2.45) is 0 Å². The molecule has 1 saturated heterocycles.